The number of benzene rings is 3. The topological polar surface area (TPSA) is 135 Å². The van der Waals surface area contributed by atoms with Crippen molar-refractivity contribution in [1.82, 2.24) is 5.39 Å². The number of allylic oxidation sites excluding steroid dienone is 4. The molecule has 3 aromatic carbocycles. The van der Waals surface area contributed by atoms with Crippen molar-refractivity contribution >= 4 is 27.3 Å². The van der Waals surface area contributed by atoms with Gasteiger partial charge in [-0.15, -0.1) is 0 Å². The molecule has 6 rings (SSSR count). The third kappa shape index (κ3) is 5.27. The number of rotatable bonds is 8. The summed E-state index contributed by atoms with van der Waals surface area (Å²) in [4.78, 5) is 19.1. The van der Waals surface area contributed by atoms with Crippen molar-refractivity contribution in [3.8, 4) is 17.2 Å². The van der Waals surface area contributed by atoms with Gasteiger partial charge in [0.15, 0.2) is 11.5 Å². The van der Waals surface area contributed by atoms with Gasteiger partial charge >= 0.3 is 5.97 Å². The summed E-state index contributed by atoms with van der Waals surface area (Å²) in [7, 11) is -4.20. The van der Waals surface area contributed by atoms with Gasteiger partial charge in [-0.2, -0.15) is 0 Å². The van der Waals surface area contributed by atoms with Crippen molar-refractivity contribution in [3.05, 3.63) is 113 Å². The molecule has 3 aliphatic rings. The molecule has 2 heterocycles. The molecule has 0 aromatic heterocycles. The highest BCUT2D eigenvalue weighted by Gasteiger charge is 2.50. The van der Waals surface area contributed by atoms with Crippen LogP contribution in [0.15, 0.2) is 90.7 Å². The summed E-state index contributed by atoms with van der Waals surface area (Å²) in [6, 6.07) is 16.9. The highest BCUT2D eigenvalue weighted by atomic mass is 32.2. The third-order valence-corrected chi connectivity index (χ3v) is 9.76. The maximum absolute atomic E-state index is 14.5. The van der Waals surface area contributed by atoms with Crippen LogP contribution in [-0.2, 0) is 32.7 Å². The van der Waals surface area contributed by atoms with E-state index in [9.17, 15) is 13.2 Å². The van der Waals surface area contributed by atoms with Crippen LogP contribution in [-0.4, -0.2) is 42.2 Å². The molecule has 2 N–H and O–H groups in total. The molecule has 0 bridgehead atoms. The standard InChI is InChI=1S/C32H30N2O9S/c1-3-22-15-16-25(31-30(22)40-19-41-31)28-24-12-5-7-14-27(24)44(38,39)33(26-13-6-4-9-20(26)2)29(28)32(35)43-23-11-8-10-21(17-23)18-42-34(36)37/h4-17,24,27,36-37H,3,18-19H2,1-2H3. The first-order valence-electron chi connectivity index (χ1n) is 13.9. The fourth-order valence-corrected chi connectivity index (χ4v) is 7.76. The zero-order valence-corrected chi connectivity index (χ0v) is 24.7. The number of sulfonamides is 1. The summed E-state index contributed by atoms with van der Waals surface area (Å²) in [5.74, 6) is -0.563. The second-order valence-corrected chi connectivity index (χ2v) is 12.3. The van der Waals surface area contributed by atoms with Gasteiger partial charge in [0.25, 0.3) is 0 Å². The molecule has 1 aliphatic carbocycles. The highest BCUT2D eigenvalue weighted by Crippen LogP contribution is 2.51. The van der Waals surface area contributed by atoms with Gasteiger partial charge in [-0.1, -0.05) is 73.7 Å². The lowest BCUT2D eigenvalue weighted by Gasteiger charge is -2.40. The molecule has 2 atom stereocenters. The van der Waals surface area contributed by atoms with Gasteiger partial charge in [-0.3, -0.25) is 10.4 Å². The predicted octanol–water partition coefficient (Wildman–Crippen LogP) is 5.08. The molecule has 3 aromatic rings. The molecule has 0 amide bonds. The van der Waals surface area contributed by atoms with E-state index in [-0.39, 0.29) is 24.8 Å². The SMILES string of the molecule is CCc1ccc(C2=C(C(=O)Oc3cccc(CON(O)O)c3)N(c3ccccc3C)S(=O)(=O)C3C=CC=CC23)c2c1OCO2. The lowest BCUT2D eigenvalue weighted by atomic mass is 9.84. The normalized spacial score (nSPS) is 19.8. The highest BCUT2D eigenvalue weighted by molar-refractivity contribution is 7.94. The molecule has 44 heavy (non-hydrogen) atoms. The van der Waals surface area contributed by atoms with Crippen LogP contribution in [0.1, 0.15) is 29.2 Å². The number of ether oxygens (including phenoxy) is 3. The number of anilines is 1. The number of esters is 1. The Kier molecular flexibility index (Phi) is 8.01. The summed E-state index contributed by atoms with van der Waals surface area (Å²) in [5.41, 5.74) is 3.09. The zero-order valence-electron chi connectivity index (χ0n) is 23.9. The van der Waals surface area contributed by atoms with Gasteiger partial charge in [0, 0.05) is 17.1 Å². The molecular weight excluding hydrogens is 588 g/mol. The largest absolute Gasteiger partial charge is 0.453 e. The monoisotopic (exact) mass is 618 g/mol. The van der Waals surface area contributed by atoms with Crippen LogP contribution >= 0.6 is 0 Å². The number of carbonyl (C=O) groups excluding carboxylic acids is 1. The summed E-state index contributed by atoms with van der Waals surface area (Å²) >= 11 is 0. The van der Waals surface area contributed by atoms with E-state index in [0.29, 0.717) is 45.9 Å². The molecule has 0 spiro atoms. The molecule has 11 nitrogen and oxygen atoms in total. The van der Waals surface area contributed by atoms with E-state index in [1.807, 2.05) is 19.1 Å². The molecule has 2 unspecified atom stereocenters. The number of para-hydroxylation sites is 1. The Labute approximate surface area is 254 Å². The van der Waals surface area contributed by atoms with Crippen LogP contribution in [0.2, 0.25) is 0 Å². The Hall–Kier alpha value is -4.46. The second kappa shape index (κ2) is 11.9. The minimum Gasteiger partial charge on any atom is -0.453 e. The first kappa shape index (κ1) is 29.6. The second-order valence-electron chi connectivity index (χ2n) is 10.4. The van der Waals surface area contributed by atoms with E-state index in [0.717, 1.165) is 9.87 Å². The minimum absolute atomic E-state index is 0.00990. The van der Waals surface area contributed by atoms with Gasteiger partial charge in [-0.25, -0.2) is 22.4 Å². The number of fused-ring (bicyclic) bond motifs is 2. The number of hydrogen-bond donors (Lipinski definition) is 2. The molecular formula is C32H30N2O9S. The van der Waals surface area contributed by atoms with Crippen LogP contribution in [0.25, 0.3) is 5.57 Å². The van der Waals surface area contributed by atoms with E-state index in [4.69, 9.17) is 24.6 Å². The van der Waals surface area contributed by atoms with Crippen LogP contribution < -0.4 is 18.5 Å². The van der Waals surface area contributed by atoms with Gasteiger partial charge in [0.1, 0.15) is 16.7 Å². The van der Waals surface area contributed by atoms with Gasteiger partial charge < -0.3 is 14.2 Å². The lowest BCUT2D eigenvalue weighted by Crippen LogP contribution is -2.49. The maximum Gasteiger partial charge on any atom is 0.361 e. The molecule has 12 heteroatoms. The fourth-order valence-electron chi connectivity index (χ4n) is 5.73. The van der Waals surface area contributed by atoms with Crippen molar-refractivity contribution in [2.24, 2.45) is 5.92 Å². The summed E-state index contributed by atoms with van der Waals surface area (Å²) < 4.78 is 47.6. The number of hydrogen-bond acceptors (Lipinski definition) is 10. The quantitative estimate of drug-likeness (QED) is 0.200. The minimum atomic E-state index is -4.20. The molecule has 2 aliphatic heterocycles. The number of aryl methyl sites for hydroxylation is 2. The Morgan fingerprint density at radius 3 is 2.57 bits per heavy atom. The Morgan fingerprint density at radius 1 is 1.02 bits per heavy atom. The zero-order chi connectivity index (χ0) is 31.0. The molecule has 0 saturated carbocycles. The molecule has 0 fully saturated rings. The predicted molar refractivity (Wildman–Crippen MR) is 159 cm³/mol. The summed E-state index contributed by atoms with van der Waals surface area (Å²) in [6.45, 7) is 3.53. The van der Waals surface area contributed by atoms with Crippen molar-refractivity contribution in [3.63, 3.8) is 0 Å². The average Bonchev–Trinajstić information content (AvgIpc) is 3.51. The van der Waals surface area contributed by atoms with Crippen LogP contribution in [0, 0.1) is 12.8 Å². The first-order chi connectivity index (χ1) is 21.2. The van der Waals surface area contributed by atoms with Gasteiger partial charge in [-0.05, 0) is 48.2 Å². The molecule has 0 saturated heterocycles. The van der Waals surface area contributed by atoms with E-state index in [1.165, 1.54) is 12.1 Å². The third-order valence-electron chi connectivity index (χ3n) is 7.73. The lowest BCUT2D eigenvalue weighted by molar-refractivity contribution is -0.497. The van der Waals surface area contributed by atoms with E-state index in [1.54, 1.807) is 67.6 Å². The number of carbonyl (C=O) groups is 1. The Bertz CT molecular complexity index is 1810. The Balaban J connectivity index is 1.59. The van der Waals surface area contributed by atoms with Crippen molar-refractivity contribution in [1.29, 1.82) is 0 Å². The van der Waals surface area contributed by atoms with E-state index < -0.39 is 32.6 Å². The van der Waals surface area contributed by atoms with E-state index >= 15 is 0 Å². The summed E-state index contributed by atoms with van der Waals surface area (Å²) in [6.07, 6.45) is 7.52. The Morgan fingerprint density at radius 2 is 1.80 bits per heavy atom. The van der Waals surface area contributed by atoms with Crippen molar-refractivity contribution < 1.29 is 42.7 Å². The molecule has 0 radical (unpaired) electrons. The summed E-state index contributed by atoms with van der Waals surface area (Å²) in [5, 5.41) is 16.4. The van der Waals surface area contributed by atoms with Crippen LogP contribution in [0.5, 0.6) is 17.2 Å². The van der Waals surface area contributed by atoms with E-state index in [2.05, 4.69) is 4.84 Å². The smallest absolute Gasteiger partial charge is 0.361 e. The van der Waals surface area contributed by atoms with Gasteiger partial charge in [0.2, 0.25) is 16.8 Å². The van der Waals surface area contributed by atoms with Crippen LogP contribution in [0.4, 0.5) is 5.69 Å². The van der Waals surface area contributed by atoms with Crippen molar-refractivity contribution in [2.45, 2.75) is 32.1 Å². The molecule has 228 valence electrons. The van der Waals surface area contributed by atoms with Crippen molar-refractivity contribution in [2.75, 3.05) is 11.1 Å². The average molecular weight is 619 g/mol. The fraction of sp³-hybridized carbons (Fsp3) is 0.219. The first-order valence-corrected chi connectivity index (χ1v) is 15.4. The van der Waals surface area contributed by atoms with Gasteiger partial charge in [0.05, 0.1) is 17.7 Å². The number of nitrogens with zero attached hydrogens (tertiary/aromatic N) is 2. The van der Waals surface area contributed by atoms with Crippen LogP contribution in [0.3, 0.4) is 0 Å². The maximum atomic E-state index is 14.5.